The Morgan fingerprint density at radius 1 is 1.23 bits per heavy atom. The van der Waals surface area contributed by atoms with E-state index in [2.05, 4.69) is 20.6 Å². The van der Waals surface area contributed by atoms with Crippen LogP contribution in [0.1, 0.15) is 5.56 Å². The van der Waals surface area contributed by atoms with Crippen LogP contribution in [0.2, 0.25) is 0 Å². The molecule has 1 aromatic carbocycles. The molecule has 0 saturated carbocycles. The molecule has 1 atom stereocenters. The molecular weight excluding hydrogens is 447 g/mol. The second kappa shape index (κ2) is 10.0. The van der Waals surface area contributed by atoms with Gasteiger partial charge in [-0.3, -0.25) is 4.99 Å². The lowest BCUT2D eigenvalue weighted by molar-refractivity contribution is 0.0936. The molecule has 0 saturated heterocycles. The number of rotatable bonds is 5. The number of fused-ring (bicyclic) bond motifs is 1. The van der Waals surface area contributed by atoms with Crippen LogP contribution < -0.4 is 24.8 Å². The fourth-order valence-electron chi connectivity index (χ4n) is 2.42. The fraction of sp³-hybridized carbons (Fsp3) is 0.333. The summed E-state index contributed by atoms with van der Waals surface area (Å²) >= 11 is 0. The van der Waals surface area contributed by atoms with Gasteiger partial charge in [-0.1, -0.05) is 18.2 Å². The van der Waals surface area contributed by atoms with Gasteiger partial charge < -0.3 is 24.8 Å². The summed E-state index contributed by atoms with van der Waals surface area (Å²) in [5, 5.41) is 6.50. The first-order valence-corrected chi connectivity index (χ1v) is 8.10. The quantitative estimate of drug-likeness (QED) is 0.397. The molecule has 1 aliphatic rings. The van der Waals surface area contributed by atoms with Crippen molar-refractivity contribution in [2.24, 2.45) is 4.99 Å². The maximum atomic E-state index is 5.92. The molecule has 2 heterocycles. The Kier molecular flexibility index (Phi) is 7.76. The molecule has 1 aliphatic heterocycles. The van der Waals surface area contributed by atoms with Crippen LogP contribution in [-0.4, -0.2) is 44.4 Å². The second-order valence-corrected chi connectivity index (χ2v) is 5.51. The van der Waals surface area contributed by atoms with E-state index in [9.17, 15) is 0 Å². The first-order valence-electron chi connectivity index (χ1n) is 8.10. The topological polar surface area (TPSA) is 77.0 Å². The molecule has 1 unspecified atom stereocenters. The number of aromatic nitrogens is 1. The van der Waals surface area contributed by atoms with Crippen LogP contribution in [0.15, 0.2) is 47.6 Å². The number of halogens is 1. The van der Waals surface area contributed by atoms with E-state index in [1.165, 1.54) is 0 Å². The monoisotopic (exact) mass is 470 g/mol. The van der Waals surface area contributed by atoms with Crippen LogP contribution in [0.5, 0.6) is 17.4 Å². The highest BCUT2D eigenvalue weighted by molar-refractivity contribution is 14.0. The van der Waals surface area contributed by atoms with Crippen molar-refractivity contribution in [2.75, 3.05) is 27.3 Å². The lowest BCUT2D eigenvalue weighted by Gasteiger charge is -2.27. The van der Waals surface area contributed by atoms with Gasteiger partial charge in [0, 0.05) is 25.9 Å². The lowest BCUT2D eigenvalue weighted by Crippen LogP contribution is -2.45. The molecule has 0 radical (unpaired) electrons. The third kappa shape index (κ3) is 5.38. The Balaban J connectivity index is 0.00000243. The lowest BCUT2D eigenvalue weighted by atomic mass is 10.2. The van der Waals surface area contributed by atoms with Crippen molar-refractivity contribution in [3.8, 4) is 17.4 Å². The van der Waals surface area contributed by atoms with Crippen LogP contribution in [0.25, 0.3) is 0 Å². The zero-order chi connectivity index (χ0) is 17.5. The molecule has 0 amide bonds. The summed E-state index contributed by atoms with van der Waals surface area (Å²) in [7, 11) is 3.33. The van der Waals surface area contributed by atoms with E-state index in [1.54, 1.807) is 20.4 Å². The molecule has 2 N–H and O–H groups in total. The smallest absolute Gasteiger partial charge is 0.212 e. The van der Waals surface area contributed by atoms with Gasteiger partial charge in [0.1, 0.15) is 12.7 Å². The standard InChI is InChI=1S/C18H22N4O3.HI/c1-19-18(21-10-13-7-8-17(23-2)20-9-13)22-11-14-12-24-15-5-3-4-6-16(15)25-14;/h3-9,14H,10-12H2,1-2H3,(H2,19,21,22);1H. The summed E-state index contributed by atoms with van der Waals surface area (Å²) in [5.74, 6) is 2.85. The summed E-state index contributed by atoms with van der Waals surface area (Å²) in [5.41, 5.74) is 1.04. The van der Waals surface area contributed by atoms with E-state index in [1.807, 2.05) is 36.4 Å². The molecule has 1 aromatic heterocycles. The van der Waals surface area contributed by atoms with Gasteiger partial charge in [0.2, 0.25) is 5.88 Å². The Labute approximate surface area is 170 Å². The molecule has 8 heteroatoms. The molecule has 140 valence electrons. The zero-order valence-corrected chi connectivity index (χ0v) is 17.1. The minimum atomic E-state index is -0.0731. The van der Waals surface area contributed by atoms with E-state index in [0.29, 0.717) is 31.5 Å². The number of nitrogens with zero attached hydrogens (tertiary/aromatic N) is 2. The van der Waals surface area contributed by atoms with Gasteiger partial charge in [0.25, 0.3) is 0 Å². The Bertz CT molecular complexity index is 725. The van der Waals surface area contributed by atoms with Gasteiger partial charge in [0.15, 0.2) is 17.5 Å². The average Bonchev–Trinajstić information content (AvgIpc) is 2.68. The van der Waals surface area contributed by atoms with Crippen molar-refractivity contribution in [1.82, 2.24) is 15.6 Å². The summed E-state index contributed by atoms with van der Waals surface area (Å²) < 4.78 is 16.7. The molecule has 0 bridgehead atoms. The molecule has 2 aromatic rings. The van der Waals surface area contributed by atoms with E-state index in [-0.39, 0.29) is 30.1 Å². The highest BCUT2D eigenvalue weighted by Gasteiger charge is 2.20. The minimum Gasteiger partial charge on any atom is -0.486 e. The van der Waals surface area contributed by atoms with Crippen molar-refractivity contribution < 1.29 is 14.2 Å². The van der Waals surface area contributed by atoms with Crippen LogP contribution in [-0.2, 0) is 6.54 Å². The predicted octanol–water partition coefficient (Wildman–Crippen LogP) is 2.21. The van der Waals surface area contributed by atoms with Gasteiger partial charge in [-0.15, -0.1) is 24.0 Å². The number of hydrogen-bond donors (Lipinski definition) is 2. The maximum absolute atomic E-state index is 5.92. The number of nitrogens with one attached hydrogen (secondary N) is 2. The number of ether oxygens (including phenoxy) is 3. The molecular formula is C18H23IN4O3. The van der Waals surface area contributed by atoms with Crippen LogP contribution >= 0.6 is 24.0 Å². The number of para-hydroxylation sites is 2. The predicted molar refractivity (Wildman–Crippen MR) is 111 cm³/mol. The first kappa shape index (κ1) is 20.1. The number of guanidine groups is 1. The second-order valence-electron chi connectivity index (χ2n) is 5.51. The molecule has 26 heavy (non-hydrogen) atoms. The molecule has 0 spiro atoms. The Hall–Kier alpha value is -2.23. The summed E-state index contributed by atoms with van der Waals surface area (Å²) in [6.07, 6.45) is 1.70. The molecule has 0 fully saturated rings. The molecule has 0 aliphatic carbocycles. The van der Waals surface area contributed by atoms with E-state index >= 15 is 0 Å². The van der Waals surface area contributed by atoms with Crippen molar-refractivity contribution in [3.63, 3.8) is 0 Å². The fourth-order valence-corrected chi connectivity index (χ4v) is 2.42. The van der Waals surface area contributed by atoms with Crippen molar-refractivity contribution in [1.29, 1.82) is 0 Å². The van der Waals surface area contributed by atoms with Gasteiger partial charge >= 0.3 is 0 Å². The van der Waals surface area contributed by atoms with E-state index in [0.717, 1.165) is 17.1 Å². The van der Waals surface area contributed by atoms with Gasteiger partial charge in [-0.25, -0.2) is 4.98 Å². The number of pyridine rings is 1. The molecule has 7 nitrogen and oxygen atoms in total. The van der Waals surface area contributed by atoms with Crippen LogP contribution in [0, 0.1) is 0 Å². The number of hydrogen-bond acceptors (Lipinski definition) is 5. The van der Waals surface area contributed by atoms with Crippen LogP contribution in [0.3, 0.4) is 0 Å². The van der Waals surface area contributed by atoms with Crippen molar-refractivity contribution in [2.45, 2.75) is 12.6 Å². The molecule has 3 rings (SSSR count). The SMILES string of the molecule is CN=C(NCc1ccc(OC)nc1)NCC1COc2ccccc2O1.I. The third-order valence-electron chi connectivity index (χ3n) is 3.76. The first-order chi connectivity index (χ1) is 12.3. The number of benzene rings is 1. The Morgan fingerprint density at radius 3 is 2.73 bits per heavy atom. The van der Waals surface area contributed by atoms with E-state index < -0.39 is 0 Å². The average molecular weight is 470 g/mol. The summed E-state index contributed by atoms with van der Waals surface area (Å²) in [4.78, 5) is 8.40. The maximum Gasteiger partial charge on any atom is 0.212 e. The van der Waals surface area contributed by atoms with E-state index in [4.69, 9.17) is 14.2 Å². The normalized spacial score (nSPS) is 15.6. The largest absolute Gasteiger partial charge is 0.486 e. The van der Waals surface area contributed by atoms with Gasteiger partial charge in [-0.05, 0) is 17.7 Å². The van der Waals surface area contributed by atoms with Crippen LogP contribution in [0.4, 0.5) is 0 Å². The number of aliphatic imine (C=N–C) groups is 1. The third-order valence-corrected chi connectivity index (χ3v) is 3.76. The summed E-state index contributed by atoms with van der Waals surface area (Å²) in [6, 6.07) is 11.5. The van der Waals surface area contributed by atoms with Gasteiger partial charge in [0.05, 0.1) is 13.7 Å². The van der Waals surface area contributed by atoms with Crippen molar-refractivity contribution >= 4 is 29.9 Å². The highest BCUT2D eigenvalue weighted by Crippen LogP contribution is 2.30. The highest BCUT2D eigenvalue weighted by atomic mass is 127. The van der Waals surface area contributed by atoms with Gasteiger partial charge in [-0.2, -0.15) is 0 Å². The van der Waals surface area contributed by atoms with Crippen molar-refractivity contribution in [3.05, 3.63) is 48.2 Å². The number of methoxy groups -OCH3 is 1. The minimum absolute atomic E-state index is 0. The zero-order valence-electron chi connectivity index (χ0n) is 14.8. The Morgan fingerprint density at radius 2 is 2.04 bits per heavy atom. The summed E-state index contributed by atoms with van der Waals surface area (Å²) in [6.45, 7) is 1.71.